The Bertz CT molecular complexity index is 472. The van der Waals surface area contributed by atoms with Gasteiger partial charge >= 0.3 is 5.97 Å². The van der Waals surface area contributed by atoms with Gasteiger partial charge in [-0.2, -0.15) is 0 Å². The van der Waals surface area contributed by atoms with Crippen molar-refractivity contribution in [1.82, 2.24) is 0 Å². The number of anilines is 1. The molecule has 106 valence electrons. The van der Waals surface area contributed by atoms with Crippen molar-refractivity contribution in [2.45, 2.75) is 47.0 Å². The highest BCUT2D eigenvalue weighted by atomic mass is 32.1. The summed E-state index contributed by atoms with van der Waals surface area (Å²) in [6.45, 7) is 8.18. The summed E-state index contributed by atoms with van der Waals surface area (Å²) in [6.07, 6.45) is 1.94. The zero-order valence-corrected chi connectivity index (χ0v) is 12.7. The highest BCUT2D eigenvalue weighted by molar-refractivity contribution is 7.16. The van der Waals surface area contributed by atoms with E-state index in [0.29, 0.717) is 11.4 Å². The SMILES string of the molecule is CCc1cc(C(=O)O)c(NC(=O)CCC(C)(C)C)s1. The molecule has 0 spiro atoms. The number of carbonyl (C=O) groups is 2. The largest absolute Gasteiger partial charge is 0.478 e. The highest BCUT2D eigenvalue weighted by Crippen LogP contribution is 2.29. The van der Waals surface area contributed by atoms with Crippen molar-refractivity contribution < 1.29 is 14.7 Å². The second-order valence-electron chi connectivity index (χ2n) is 5.72. The Morgan fingerprint density at radius 1 is 1.37 bits per heavy atom. The van der Waals surface area contributed by atoms with Gasteiger partial charge in [-0.3, -0.25) is 4.79 Å². The Morgan fingerprint density at radius 3 is 2.47 bits per heavy atom. The zero-order valence-electron chi connectivity index (χ0n) is 11.9. The predicted molar refractivity (Wildman–Crippen MR) is 78.0 cm³/mol. The number of thiophene rings is 1. The molecule has 1 aromatic heterocycles. The van der Waals surface area contributed by atoms with Gasteiger partial charge in [0.25, 0.3) is 0 Å². The molecule has 5 heteroatoms. The van der Waals surface area contributed by atoms with Gasteiger partial charge in [-0.25, -0.2) is 4.79 Å². The topological polar surface area (TPSA) is 66.4 Å². The van der Waals surface area contributed by atoms with Crippen molar-refractivity contribution in [3.8, 4) is 0 Å². The van der Waals surface area contributed by atoms with E-state index in [1.807, 2.05) is 6.92 Å². The number of nitrogens with one attached hydrogen (secondary N) is 1. The van der Waals surface area contributed by atoms with E-state index in [4.69, 9.17) is 5.11 Å². The molecule has 1 rings (SSSR count). The molecule has 0 bridgehead atoms. The lowest BCUT2D eigenvalue weighted by molar-refractivity contribution is -0.116. The van der Waals surface area contributed by atoms with E-state index >= 15 is 0 Å². The molecule has 0 unspecified atom stereocenters. The molecule has 4 nitrogen and oxygen atoms in total. The minimum absolute atomic E-state index is 0.0942. The third kappa shape index (κ3) is 5.03. The number of aromatic carboxylic acids is 1. The van der Waals surface area contributed by atoms with Crippen molar-refractivity contribution in [3.63, 3.8) is 0 Å². The van der Waals surface area contributed by atoms with Crippen LogP contribution >= 0.6 is 11.3 Å². The van der Waals surface area contributed by atoms with Gasteiger partial charge in [0.1, 0.15) is 5.00 Å². The summed E-state index contributed by atoms with van der Waals surface area (Å²) in [4.78, 5) is 23.9. The maximum absolute atomic E-state index is 11.8. The zero-order chi connectivity index (χ0) is 14.6. The van der Waals surface area contributed by atoms with E-state index in [-0.39, 0.29) is 16.9 Å². The average molecular weight is 283 g/mol. The molecular weight excluding hydrogens is 262 g/mol. The Hall–Kier alpha value is -1.36. The van der Waals surface area contributed by atoms with Crippen LogP contribution in [-0.2, 0) is 11.2 Å². The molecule has 0 saturated heterocycles. The first-order chi connectivity index (χ1) is 8.73. The third-order valence-electron chi connectivity index (χ3n) is 2.72. The normalized spacial score (nSPS) is 11.4. The third-order valence-corrected chi connectivity index (χ3v) is 3.91. The van der Waals surface area contributed by atoms with Crippen LogP contribution in [-0.4, -0.2) is 17.0 Å². The second kappa shape index (κ2) is 6.19. The molecule has 1 heterocycles. The minimum Gasteiger partial charge on any atom is -0.478 e. The van der Waals surface area contributed by atoms with E-state index < -0.39 is 5.97 Å². The van der Waals surface area contributed by atoms with Gasteiger partial charge in [0, 0.05) is 11.3 Å². The van der Waals surface area contributed by atoms with Crippen molar-refractivity contribution >= 4 is 28.2 Å². The number of carboxylic acid groups (broad SMARTS) is 1. The molecule has 2 N–H and O–H groups in total. The van der Waals surface area contributed by atoms with E-state index in [1.54, 1.807) is 6.07 Å². The first-order valence-corrected chi connectivity index (χ1v) is 7.20. The first kappa shape index (κ1) is 15.7. The lowest BCUT2D eigenvalue weighted by Crippen LogP contribution is -2.16. The van der Waals surface area contributed by atoms with Gasteiger partial charge in [-0.15, -0.1) is 11.3 Å². The van der Waals surface area contributed by atoms with Crippen LogP contribution < -0.4 is 5.32 Å². The van der Waals surface area contributed by atoms with Gasteiger partial charge in [0.2, 0.25) is 5.91 Å². The Labute approximate surface area is 117 Å². The van der Waals surface area contributed by atoms with E-state index in [1.165, 1.54) is 11.3 Å². The molecule has 1 aromatic rings. The number of hydrogen-bond donors (Lipinski definition) is 2. The molecule has 19 heavy (non-hydrogen) atoms. The number of hydrogen-bond acceptors (Lipinski definition) is 3. The summed E-state index contributed by atoms with van der Waals surface area (Å²) >= 11 is 1.34. The van der Waals surface area contributed by atoms with Gasteiger partial charge in [0.05, 0.1) is 5.56 Å². The van der Waals surface area contributed by atoms with Crippen LogP contribution in [0.15, 0.2) is 6.07 Å². The number of carbonyl (C=O) groups excluding carboxylic acids is 1. The van der Waals surface area contributed by atoms with Crippen LogP contribution in [0.4, 0.5) is 5.00 Å². The lowest BCUT2D eigenvalue weighted by Gasteiger charge is -2.17. The molecule has 0 radical (unpaired) electrons. The van der Waals surface area contributed by atoms with E-state index in [2.05, 4.69) is 26.1 Å². The number of aryl methyl sites for hydroxylation is 1. The molecular formula is C14H21NO3S. The quantitative estimate of drug-likeness (QED) is 0.864. The number of rotatable bonds is 5. The van der Waals surface area contributed by atoms with Crippen molar-refractivity contribution in [2.24, 2.45) is 5.41 Å². The molecule has 0 fully saturated rings. The van der Waals surface area contributed by atoms with E-state index in [0.717, 1.165) is 17.7 Å². The Balaban J connectivity index is 2.73. The molecule has 0 aliphatic carbocycles. The number of amides is 1. The second-order valence-corrected chi connectivity index (χ2v) is 6.86. The lowest BCUT2D eigenvalue weighted by atomic mass is 9.90. The van der Waals surface area contributed by atoms with Gasteiger partial charge in [0.15, 0.2) is 0 Å². The van der Waals surface area contributed by atoms with E-state index in [9.17, 15) is 9.59 Å². The molecule has 0 saturated carbocycles. The summed E-state index contributed by atoms with van der Waals surface area (Å²) in [5.41, 5.74) is 0.280. The van der Waals surface area contributed by atoms with Crippen molar-refractivity contribution in [2.75, 3.05) is 5.32 Å². The molecule has 0 aliphatic heterocycles. The monoisotopic (exact) mass is 283 g/mol. The number of carboxylic acids is 1. The van der Waals surface area contributed by atoms with Crippen LogP contribution in [0.2, 0.25) is 0 Å². The highest BCUT2D eigenvalue weighted by Gasteiger charge is 2.18. The molecule has 0 aliphatic rings. The maximum Gasteiger partial charge on any atom is 0.338 e. The van der Waals surface area contributed by atoms with Crippen molar-refractivity contribution in [3.05, 3.63) is 16.5 Å². The van der Waals surface area contributed by atoms with Crippen LogP contribution in [0, 0.1) is 5.41 Å². The Kier molecular flexibility index (Phi) is 5.11. The van der Waals surface area contributed by atoms with Gasteiger partial charge in [-0.05, 0) is 24.3 Å². The summed E-state index contributed by atoms with van der Waals surface area (Å²) in [5.74, 6) is -1.12. The average Bonchev–Trinajstić information content (AvgIpc) is 2.69. The van der Waals surface area contributed by atoms with Crippen LogP contribution in [0.1, 0.15) is 55.8 Å². The van der Waals surface area contributed by atoms with Crippen LogP contribution in [0.25, 0.3) is 0 Å². The summed E-state index contributed by atoms with van der Waals surface area (Å²) in [5, 5.41) is 12.3. The minimum atomic E-state index is -0.998. The van der Waals surface area contributed by atoms with Crippen LogP contribution in [0.3, 0.4) is 0 Å². The van der Waals surface area contributed by atoms with Crippen LogP contribution in [0.5, 0.6) is 0 Å². The smallest absolute Gasteiger partial charge is 0.338 e. The molecule has 1 amide bonds. The summed E-state index contributed by atoms with van der Waals surface area (Å²) in [6, 6.07) is 1.63. The fraction of sp³-hybridized carbons (Fsp3) is 0.571. The standard InChI is InChI=1S/C14H21NO3S/c1-5-9-8-10(13(17)18)12(19-9)15-11(16)6-7-14(2,3)4/h8H,5-7H2,1-4H3,(H,15,16)(H,17,18). The maximum atomic E-state index is 11.8. The van der Waals surface area contributed by atoms with Crippen molar-refractivity contribution in [1.29, 1.82) is 0 Å². The van der Waals surface area contributed by atoms with Gasteiger partial charge in [-0.1, -0.05) is 27.7 Å². The Morgan fingerprint density at radius 2 is 2.00 bits per heavy atom. The fourth-order valence-corrected chi connectivity index (χ4v) is 2.55. The van der Waals surface area contributed by atoms with Gasteiger partial charge < -0.3 is 10.4 Å². The molecule has 0 aromatic carbocycles. The first-order valence-electron chi connectivity index (χ1n) is 6.39. The fourth-order valence-electron chi connectivity index (χ4n) is 1.55. The summed E-state index contributed by atoms with van der Waals surface area (Å²) in [7, 11) is 0. The predicted octanol–water partition coefficient (Wildman–Crippen LogP) is 3.77. The summed E-state index contributed by atoms with van der Waals surface area (Å²) < 4.78 is 0. The molecule has 0 atom stereocenters.